The predicted molar refractivity (Wildman–Crippen MR) is 129 cm³/mol. The number of benzene rings is 2. The molecule has 170 valence electrons. The van der Waals surface area contributed by atoms with E-state index >= 15 is 0 Å². The number of imidazole rings is 1. The first-order chi connectivity index (χ1) is 16.1. The van der Waals surface area contributed by atoms with E-state index in [-0.39, 0.29) is 17.9 Å². The van der Waals surface area contributed by atoms with Gasteiger partial charge in [-0.15, -0.1) is 0 Å². The van der Waals surface area contributed by atoms with Crippen LogP contribution < -0.4 is 5.32 Å². The number of halogens is 1. The van der Waals surface area contributed by atoms with Crippen LogP contribution in [-0.4, -0.2) is 39.9 Å². The van der Waals surface area contributed by atoms with Crippen LogP contribution in [0.15, 0.2) is 60.9 Å². The van der Waals surface area contributed by atoms with Gasteiger partial charge in [-0.3, -0.25) is 9.69 Å². The standard InChI is InChI=1S/C26H28ClN5O/c27-24-6-2-1-4-21(24)17-32-13-3-5-22(18-32)26(33)31-23(15-25-29-11-12-30-25)14-19-7-9-20(16-28)10-8-19/h1-2,4,6-12,22-23H,3,5,13-15,17-18H2,(H,29,30)(H,31,33). The summed E-state index contributed by atoms with van der Waals surface area (Å²) in [5.74, 6) is 0.878. The number of aromatic amines is 1. The third-order valence-corrected chi connectivity index (χ3v) is 6.50. The summed E-state index contributed by atoms with van der Waals surface area (Å²) in [4.78, 5) is 23.1. The summed E-state index contributed by atoms with van der Waals surface area (Å²) in [5, 5.41) is 13.1. The number of H-pyrrole nitrogens is 1. The number of nitriles is 1. The molecule has 0 aliphatic carbocycles. The van der Waals surface area contributed by atoms with E-state index in [2.05, 4.69) is 26.3 Å². The third-order valence-electron chi connectivity index (χ3n) is 6.13. The number of hydrogen-bond acceptors (Lipinski definition) is 4. The average Bonchev–Trinajstić information content (AvgIpc) is 3.34. The van der Waals surface area contributed by atoms with E-state index in [9.17, 15) is 4.79 Å². The Kier molecular flexibility index (Phi) is 7.77. The van der Waals surface area contributed by atoms with Gasteiger partial charge in [0.1, 0.15) is 5.82 Å². The molecule has 7 heteroatoms. The summed E-state index contributed by atoms with van der Waals surface area (Å²) < 4.78 is 0. The molecule has 2 atom stereocenters. The molecule has 6 nitrogen and oxygen atoms in total. The normalized spacial score (nSPS) is 17.3. The summed E-state index contributed by atoms with van der Waals surface area (Å²) >= 11 is 6.34. The molecule has 4 rings (SSSR count). The Balaban J connectivity index is 1.40. The fourth-order valence-corrected chi connectivity index (χ4v) is 4.61. The molecule has 0 radical (unpaired) electrons. The highest BCUT2D eigenvalue weighted by Crippen LogP contribution is 2.22. The van der Waals surface area contributed by atoms with Crippen LogP contribution in [0.25, 0.3) is 0 Å². The maximum atomic E-state index is 13.3. The molecule has 2 heterocycles. The molecule has 1 saturated heterocycles. The number of piperidine rings is 1. The van der Waals surface area contributed by atoms with Crippen molar-refractivity contribution in [1.29, 1.82) is 5.26 Å². The lowest BCUT2D eigenvalue weighted by atomic mass is 9.95. The largest absolute Gasteiger partial charge is 0.352 e. The zero-order chi connectivity index (χ0) is 23.0. The van der Waals surface area contributed by atoms with Gasteiger partial charge in [-0.25, -0.2) is 4.98 Å². The van der Waals surface area contributed by atoms with Gasteiger partial charge < -0.3 is 10.3 Å². The van der Waals surface area contributed by atoms with Gasteiger partial charge in [0.15, 0.2) is 0 Å². The van der Waals surface area contributed by atoms with Crippen LogP contribution in [0.2, 0.25) is 5.02 Å². The molecular formula is C26H28ClN5O. The Morgan fingerprint density at radius 2 is 2.06 bits per heavy atom. The molecule has 2 unspecified atom stereocenters. The maximum Gasteiger partial charge on any atom is 0.224 e. The van der Waals surface area contributed by atoms with Crippen LogP contribution in [0.3, 0.4) is 0 Å². The molecule has 1 aliphatic heterocycles. The number of amides is 1. The topological polar surface area (TPSA) is 84.8 Å². The first-order valence-electron chi connectivity index (χ1n) is 11.3. The number of aromatic nitrogens is 2. The van der Waals surface area contributed by atoms with E-state index in [4.69, 9.17) is 16.9 Å². The highest BCUT2D eigenvalue weighted by atomic mass is 35.5. The Morgan fingerprint density at radius 1 is 1.24 bits per heavy atom. The number of carbonyl (C=O) groups excluding carboxylic acids is 1. The first kappa shape index (κ1) is 23.0. The Morgan fingerprint density at radius 3 is 2.79 bits per heavy atom. The molecule has 2 N–H and O–H groups in total. The van der Waals surface area contributed by atoms with Gasteiger partial charge in [-0.2, -0.15) is 5.26 Å². The number of likely N-dealkylation sites (tertiary alicyclic amines) is 1. The highest BCUT2D eigenvalue weighted by molar-refractivity contribution is 6.31. The fraction of sp³-hybridized carbons (Fsp3) is 0.346. The second kappa shape index (κ2) is 11.1. The molecule has 1 aromatic heterocycles. The number of rotatable bonds is 8. The van der Waals surface area contributed by atoms with Gasteiger partial charge in [-0.1, -0.05) is 41.9 Å². The second-order valence-electron chi connectivity index (χ2n) is 8.62. The number of carbonyl (C=O) groups is 1. The van der Waals surface area contributed by atoms with Crippen molar-refractivity contribution < 1.29 is 4.79 Å². The van der Waals surface area contributed by atoms with Crippen molar-refractivity contribution in [3.8, 4) is 6.07 Å². The molecule has 0 bridgehead atoms. The van der Waals surface area contributed by atoms with Crippen LogP contribution >= 0.6 is 11.6 Å². The number of nitrogens with zero attached hydrogens (tertiary/aromatic N) is 3. The molecule has 1 aliphatic rings. The lowest BCUT2D eigenvalue weighted by Gasteiger charge is -2.33. The van der Waals surface area contributed by atoms with Gasteiger partial charge in [0.05, 0.1) is 17.6 Å². The van der Waals surface area contributed by atoms with Gasteiger partial charge in [-0.05, 0) is 55.1 Å². The zero-order valence-corrected chi connectivity index (χ0v) is 19.3. The monoisotopic (exact) mass is 461 g/mol. The van der Waals surface area contributed by atoms with Crippen LogP contribution in [0, 0.1) is 17.2 Å². The van der Waals surface area contributed by atoms with Crippen molar-refractivity contribution in [2.45, 2.75) is 38.3 Å². The van der Waals surface area contributed by atoms with Crippen LogP contribution in [0.5, 0.6) is 0 Å². The maximum absolute atomic E-state index is 13.3. The molecule has 0 spiro atoms. The zero-order valence-electron chi connectivity index (χ0n) is 18.5. The molecule has 0 saturated carbocycles. The molecule has 1 fully saturated rings. The lowest BCUT2D eigenvalue weighted by molar-refractivity contribution is -0.127. The van der Waals surface area contributed by atoms with Crippen molar-refractivity contribution in [2.75, 3.05) is 13.1 Å². The Labute approximate surface area is 199 Å². The molecule has 3 aromatic rings. The second-order valence-corrected chi connectivity index (χ2v) is 9.03. The predicted octanol–water partition coefficient (Wildman–Crippen LogP) is 4.12. The third kappa shape index (κ3) is 6.44. The van der Waals surface area contributed by atoms with Crippen molar-refractivity contribution >= 4 is 17.5 Å². The van der Waals surface area contributed by atoms with Crippen molar-refractivity contribution in [3.63, 3.8) is 0 Å². The smallest absolute Gasteiger partial charge is 0.224 e. The van der Waals surface area contributed by atoms with E-state index in [1.807, 2.05) is 48.5 Å². The summed E-state index contributed by atoms with van der Waals surface area (Å²) in [7, 11) is 0. The minimum Gasteiger partial charge on any atom is -0.352 e. The molecular weight excluding hydrogens is 434 g/mol. The number of nitrogens with one attached hydrogen (secondary N) is 2. The summed E-state index contributed by atoms with van der Waals surface area (Å²) in [6, 6.07) is 17.5. The van der Waals surface area contributed by atoms with Crippen molar-refractivity contribution in [1.82, 2.24) is 20.2 Å². The van der Waals surface area contributed by atoms with Crippen molar-refractivity contribution in [2.24, 2.45) is 5.92 Å². The number of hydrogen-bond donors (Lipinski definition) is 2. The molecule has 33 heavy (non-hydrogen) atoms. The van der Waals surface area contributed by atoms with E-state index in [1.165, 1.54) is 0 Å². The van der Waals surface area contributed by atoms with E-state index in [0.29, 0.717) is 18.4 Å². The van der Waals surface area contributed by atoms with Gasteiger partial charge in [0.25, 0.3) is 0 Å². The molecule has 2 aromatic carbocycles. The van der Waals surface area contributed by atoms with Crippen LogP contribution in [0.4, 0.5) is 0 Å². The average molecular weight is 462 g/mol. The minimum absolute atomic E-state index is 0.0543. The molecule has 1 amide bonds. The van der Waals surface area contributed by atoms with Crippen molar-refractivity contribution in [3.05, 3.63) is 88.5 Å². The Hall–Kier alpha value is -3.14. The minimum atomic E-state index is -0.0875. The summed E-state index contributed by atoms with van der Waals surface area (Å²) in [6.07, 6.45) is 6.69. The van der Waals surface area contributed by atoms with E-state index < -0.39 is 0 Å². The SMILES string of the molecule is N#Cc1ccc(CC(Cc2ncc[nH]2)NC(=O)C2CCCN(Cc3ccccc3Cl)C2)cc1. The summed E-state index contributed by atoms with van der Waals surface area (Å²) in [5.41, 5.74) is 2.80. The van der Waals surface area contributed by atoms with Crippen LogP contribution in [-0.2, 0) is 24.2 Å². The lowest BCUT2D eigenvalue weighted by Crippen LogP contribution is -2.47. The fourth-order valence-electron chi connectivity index (χ4n) is 4.42. The van der Waals surface area contributed by atoms with Crippen LogP contribution in [0.1, 0.15) is 35.4 Å². The van der Waals surface area contributed by atoms with Gasteiger partial charge in [0.2, 0.25) is 5.91 Å². The first-order valence-corrected chi connectivity index (χ1v) is 11.7. The summed E-state index contributed by atoms with van der Waals surface area (Å²) in [6.45, 7) is 2.45. The van der Waals surface area contributed by atoms with E-state index in [1.54, 1.807) is 12.4 Å². The van der Waals surface area contributed by atoms with Gasteiger partial charge >= 0.3 is 0 Å². The Bertz CT molecular complexity index is 1090. The highest BCUT2D eigenvalue weighted by Gasteiger charge is 2.28. The quantitative estimate of drug-likeness (QED) is 0.528. The van der Waals surface area contributed by atoms with Gasteiger partial charge in [0, 0.05) is 43.0 Å². The van der Waals surface area contributed by atoms with E-state index in [0.717, 1.165) is 54.4 Å².